The molecule has 1 aromatic rings. The van der Waals surface area contributed by atoms with Gasteiger partial charge in [0.25, 0.3) is 0 Å². The highest BCUT2D eigenvalue weighted by molar-refractivity contribution is 7.81. The third-order valence-electron chi connectivity index (χ3n) is 3.56. The van der Waals surface area contributed by atoms with E-state index in [1.807, 2.05) is 11.0 Å². The summed E-state index contributed by atoms with van der Waals surface area (Å²) in [6, 6.07) is 10.4. The first kappa shape index (κ1) is 14.3. The number of hydrogen-bond donors (Lipinski definition) is 1. The Morgan fingerprint density at radius 2 is 2.05 bits per heavy atom. The molecule has 0 radical (unpaired) electrons. The average molecular weight is 278 g/mol. The van der Waals surface area contributed by atoms with E-state index in [0.29, 0.717) is 6.42 Å². The fraction of sp³-hybridized carbons (Fsp3) is 0.533. The zero-order valence-corrected chi connectivity index (χ0v) is 12.4. The molecule has 0 aliphatic carbocycles. The summed E-state index contributed by atoms with van der Waals surface area (Å²) in [4.78, 5) is 15.8. The average Bonchev–Trinajstić information content (AvgIpc) is 2.74. The number of carbonyl (C=O) groups is 1. The molecular formula is C15H22N2OS. The molecule has 0 bridgehead atoms. The summed E-state index contributed by atoms with van der Waals surface area (Å²) in [5.74, 6) is 0.261. The van der Waals surface area contributed by atoms with E-state index in [4.69, 9.17) is 0 Å². The van der Waals surface area contributed by atoms with Gasteiger partial charge in [-0.15, -0.1) is 0 Å². The third-order valence-corrected chi connectivity index (χ3v) is 3.91. The predicted octanol–water partition coefficient (Wildman–Crippen LogP) is 2.43. The summed E-state index contributed by atoms with van der Waals surface area (Å²) in [5, 5.41) is 0.236. The topological polar surface area (TPSA) is 23.6 Å². The molecule has 2 rings (SSSR count). The van der Waals surface area contributed by atoms with Gasteiger partial charge < -0.3 is 9.80 Å². The molecule has 1 saturated heterocycles. The van der Waals surface area contributed by atoms with Crippen molar-refractivity contribution in [2.75, 3.05) is 31.6 Å². The van der Waals surface area contributed by atoms with Crippen LogP contribution in [-0.4, -0.2) is 42.7 Å². The van der Waals surface area contributed by atoms with Crippen LogP contribution in [0.1, 0.15) is 19.3 Å². The van der Waals surface area contributed by atoms with Gasteiger partial charge in [0.05, 0.1) is 0 Å². The van der Waals surface area contributed by atoms with Crippen molar-refractivity contribution in [3.05, 3.63) is 30.3 Å². The van der Waals surface area contributed by atoms with Crippen molar-refractivity contribution in [3.8, 4) is 0 Å². The molecule has 1 atom stereocenters. The number of thiol groups is 1. The van der Waals surface area contributed by atoms with E-state index in [9.17, 15) is 4.79 Å². The number of carbonyl (C=O) groups excluding carboxylic acids is 1. The lowest BCUT2D eigenvalue weighted by atomic mass is 10.2. The highest BCUT2D eigenvalue weighted by Gasteiger charge is 2.26. The molecule has 1 amide bonds. The van der Waals surface area contributed by atoms with Gasteiger partial charge in [-0.1, -0.05) is 18.2 Å². The number of amides is 1. The Balaban J connectivity index is 1.66. The fourth-order valence-corrected chi connectivity index (χ4v) is 2.78. The van der Waals surface area contributed by atoms with Crippen LogP contribution in [0.15, 0.2) is 30.3 Å². The number of nitrogens with zero attached hydrogens (tertiary/aromatic N) is 2. The summed E-state index contributed by atoms with van der Waals surface area (Å²) in [7, 11) is 2.11. The first-order valence-electron chi connectivity index (χ1n) is 6.89. The smallest absolute Gasteiger partial charge is 0.223 e. The van der Waals surface area contributed by atoms with Crippen molar-refractivity contribution in [2.24, 2.45) is 0 Å². The Bertz CT molecular complexity index is 410. The van der Waals surface area contributed by atoms with Gasteiger partial charge in [0.1, 0.15) is 0 Å². The maximum atomic E-state index is 11.6. The number of rotatable bonds is 6. The molecule has 1 aromatic carbocycles. The Morgan fingerprint density at radius 1 is 1.32 bits per heavy atom. The van der Waals surface area contributed by atoms with Crippen LogP contribution in [0.2, 0.25) is 0 Å². The second kappa shape index (κ2) is 6.85. The summed E-state index contributed by atoms with van der Waals surface area (Å²) in [6.45, 7) is 2.71. The maximum Gasteiger partial charge on any atom is 0.223 e. The number of likely N-dealkylation sites (tertiary alicyclic amines) is 1. The van der Waals surface area contributed by atoms with Crippen molar-refractivity contribution in [1.29, 1.82) is 0 Å². The van der Waals surface area contributed by atoms with E-state index in [1.165, 1.54) is 5.69 Å². The van der Waals surface area contributed by atoms with E-state index < -0.39 is 0 Å². The van der Waals surface area contributed by atoms with Crippen molar-refractivity contribution in [1.82, 2.24) is 4.90 Å². The van der Waals surface area contributed by atoms with Crippen LogP contribution in [0.25, 0.3) is 0 Å². The van der Waals surface area contributed by atoms with Crippen LogP contribution in [0.4, 0.5) is 5.69 Å². The second-order valence-corrected chi connectivity index (χ2v) is 5.89. The standard InChI is InChI=1S/C15H22N2OS/c1-16(13-7-3-2-4-8-13)9-5-6-10-17-12-14(19)11-15(17)18/h2-4,7-8,14,19H,5-6,9-12H2,1H3. The molecule has 1 aliphatic heterocycles. The molecule has 1 aliphatic rings. The summed E-state index contributed by atoms with van der Waals surface area (Å²) in [5.41, 5.74) is 1.25. The van der Waals surface area contributed by atoms with E-state index >= 15 is 0 Å². The number of anilines is 1. The molecule has 1 heterocycles. The van der Waals surface area contributed by atoms with Gasteiger partial charge >= 0.3 is 0 Å². The molecule has 0 aromatic heterocycles. The number of unbranched alkanes of at least 4 members (excludes halogenated alkanes) is 1. The van der Waals surface area contributed by atoms with Crippen LogP contribution >= 0.6 is 12.6 Å². The maximum absolute atomic E-state index is 11.6. The second-order valence-electron chi connectivity index (χ2n) is 5.16. The molecule has 0 saturated carbocycles. The molecule has 4 heteroatoms. The summed E-state index contributed by atoms with van der Waals surface area (Å²) in [6.07, 6.45) is 2.77. The van der Waals surface area contributed by atoms with Crippen molar-refractivity contribution in [3.63, 3.8) is 0 Å². The van der Waals surface area contributed by atoms with Crippen LogP contribution < -0.4 is 4.90 Å². The minimum absolute atomic E-state index is 0.236. The number of hydrogen-bond acceptors (Lipinski definition) is 3. The van der Waals surface area contributed by atoms with Gasteiger partial charge in [-0.2, -0.15) is 12.6 Å². The van der Waals surface area contributed by atoms with Crippen LogP contribution in [-0.2, 0) is 4.79 Å². The fourth-order valence-electron chi connectivity index (χ4n) is 2.43. The summed E-state index contributed by atoms with van der Waals surface area (Å²) < 4.78 is 0. The summed E-state index contributed by atoms with van der Waals surface area (Å²) >= 11 is 4.37. The number of benzene rings is 1. The van der Waals surface area contributed by atoms with Gasteiger partial charge in [0, 0.05) is 44.0 Å². The largest absolute Gasteiger partial charge is 0.375 e. The quantitative estimate of drug-likeness (QED) is 0.638. The van der Waals surface area contributed by atoms with Crippen molar-refractivity contribution < 1.29 is 4.79 Å². The van der Waals surface area contributed by atoms with Gasteiger partial charge in [-0.3, -0.25) is 4.79 Å². The molecule has 1 unspecified atom stereocenters. The first-order valence-corrected chi connectivity index (χ1v) is 7.40. The molecule has 0 N–H and O–H groups in total. The molecule has 0 spiro atoms. The van der Waals surface area contributed by atoms with Crippen molar-refractivity contribution in [2.45, 2.75) is 24.5 Å². The van der Waals surface area contributed by atoms with Gasteiger partial charge in [0.15, 0.2) is 0 Å². The van der Waals surface area contributed by atoms with E-state index in [0.717, 1.165) is 32.5 Å². The van der Waals surface area contributed by atoms with Gasteiger partial charge in [-0.05, 0) is 25.0 Å². The molecule has 1 fully saturated rings. The monoisotopic (exact) mass is 278 g/mol. The zero-order valence-electron chi connectivity index (χ0n) is 11.5. The van der Waals surface area contributed by atoms with Gasteiger partial charge in [-0.25, -0.2) is 0 Å². The highest BCUT2D eigenvalue weighted by Crippen LogP contribution is 2.17. The third kappa shape index (κ3) is 4.16. The van der Waals surface area contributed by atoms with Crippen LogP contribution in [0.5, 0.6) is 0 Å². The SMILES string of the molecule is CN(CCCCN1CC(S)CC1=O)c1ccccc1. The van der Waals surface area contributed by atoms with E-state index in [-0.39, 0.29) is 11.2 Å². The molecule has 19 heavy (non-hydrogen) atoms. The van der Waals surface area contributed by atoms with Crippen molar-refractivity contribution >= 4 is 24.2 Å². The normalized spacial score (nSPS) is 18.9. The Labute approximate surface area is 121 Å². The van der Waals surface area contributed by atoms with Crippen LogP contribution in [0.3, 0.4) is 0 Å². The minimum Gasteiger partial charge on any atom is -0.375 e. The Hall–Kier alpha value is -1.16. The Kier molecular flexibility index (Phi) is 5.14. The van der Waals surface area contributed by atoms with E-state index in [1.54, 1.807) is 0 Å². The Morgan fingerprint density at radius 3 is 2.68 bits per heavy atom. The highest BCUT2D eigenvalue weighted by atomic mass is 32.1. The molecule has 104 valence electrons. The molecule has 3 nitrogen and oxygen atoms in total. The predicted molar refractivity (Wildman–Crippen MR) is 82.9 cm³/mol. The lowest BCUT2D eigenvalue weighted by molar-refractivity contribution is -0.127. The number of para-hydroxylation sites is 1. The first-order chi connectivity index (χ1) is 9.16. The van der Waals surface area contributed by atoms with Crippen LogP contribution in [0, 0.1) is 0 Å². The minimum atomic E-state index is 0.236. The van der Waals surface area contributed by atoms with E-state index in [2.05, 4.69) is 48.8 Å². The zero-order chi connectivity index (χ0) is 13.7. The van der Waals surface area contributed by atoms with Gasteiger partial charge in [0.2, 0.25) is 5.91 Å². The lowest BCUT2D eigenvalue weighted by Gasteiger charge is -2.20. The molecular weight excluding hydrogens is 256 g/mol. The lowest BCUT2D eigenvalue weighted by Crippen LogP contribution is -2.27.